The van der Waals surface area contributed by atoms with E-state index < -0.39 is 0 Å². The molecular formula is C20H29N5O. The van der Waals surface area contributed by atoms with Crippen molar-refractivity contribution in [1.29, 1.82) is 0 Å². The number of nitrogens with one attached hydrogen (secondary N) is 1. The first-order valence-corrected chi connectivity index (χ1v) is 9.35. The second-order valence-corrected chi connectivity index (χ2v) is 6.80. The van der Waals surface area contributed by atoms with Crippen LogP contribution in [0.4, 0.5) is 0 Å². The van der Waals surface area contributed by atoms with Crippen molar-refractivity contribution < 1.29 is 4.74 Å². The van der Waals surface area contributed by atoms with Gasteiger partial charge in [0, 0.05) is 52.2 Å². The number of para-hydroxylation sites is 1. The van der Waals surface area contributed by atoms with Gasteiger partial charge in [0.05, 0.1) is 11.9 Å². The summed E-state index contributed by atoms with van der Waals surface area (Å²) >= 11 is 0. The van der Waals surface area contributed by atoms with Gasteiger partial charge in [0.2, 0.25) is 0 Å². The van der Waals surface area contributed by atoms with Gasteiger partial charge in [0.15, 0.2) is 5.96 Å². The lowest BCUT2D eigenvalue weighted by molar-refractivity contribution is 0.0625. The first-order chi connectivity index (χ1) is 12.8. The molecule has 1 aromatic heterocycles. The van der Waals surface area contributed by atoms with Gasteiger partial charge in [0.25, 0.3) is 0 Å². The molecule has 2 heterocycles. The Morgan fingerprint density at radius 3 is 2.81 bits per heavy atom. The quantitative estimate of drug-likeness (QED) is 0.639. The minimum absolute atomic E-state index is 0.709. The highest BCUT2D eigenvalue weighted by Gasteiger charge is 2.15. The smallest absolute Gasteiger partial charge is 0.193 e. The normalized spacial score (nSPS) is 15.8. The fourth-order valence-electron chi connectivity index (χ4n) is 3.26. The first kappa shape index (κ1) is 18.5. The van der Waals surface area contributed by atoms with Gasteiger partial charge in [-0.15, -0.1) is 0 Å². The molecule has 0 spiro atoms. The van der Waals surface area contributed by atoms with Crippen molar-refractivity contribution in [3.8, 4) is 5.69 Å². The molecule has 0 radical (unpaired) electrons. The topological polar surface area (TPSA) is 54.7 Å². The second-order valence-electron chi connectivity index (χ2n) is 6.80. The molecule has 3 rings (SSSR count). The minimum atomic E-state index is 0.709. The molecule has 1 saturated heterocycles. The molecule has 140 valence electrons. The monoisotopic (exact) mass is 355 g/mol. The summed E-state index contributed by atoms with van der Waals surface area (Å²) in [6, 6.07) is 10.1. The fraction of sp³-hybridized carbons (Fsp3) is 0.500. The van der Waals surface area contributed by atoms with Crippen LogP contribution in [0.2, 0.25) is 0 Å². The number of nitrogens with zero attached hydrogens (tertiary/aromatic N) is 4. The number of rotatable bonds is 6. The molecule has 6 nitrogen and oxygen atoms in total. The zero-order chi connectivity index (χ0) is 18.2. The summed E-state index contributed by atoms with van der Waals surface area (Å²) < 4.78 is 7.34. The Balaban J connectivity index is 1.48. The van der Waals surface area contributed by atoms with Gasteiger partial charge in [-0.05, 0) is 37.3 Å². The number of hydrogen-bond acceptors (Lipinski definition) is 3. The second kappa shape index (κ2) is 9.38. The highest BCUT2D eigenvalue weighted by molar-refractivity contribution is 5.79. The molecule has 0 atom stereocenters. The molecular weight excluding hydrogens is 326 g/mol. The summed E-state index contributed by atoms with van der Waals surface area (Å²) in [7, 11) is 3.93. The standard InChI is InChI=1S/C20H29N5O/c1-21-20(24(2)11-8-17-9-12-26-13-10-17)22-14-18-15-23-25(16-18)19-6-4-3-5-7-19/h3-7,15-17H,8-14H2,1-2H3,(H,21,22). The van der Waals surface area contributed by atoms with Gasteiger partial charge in [-0.3, -0.25) is 4.99 Å². The molecule has 26 heavy (non-hydrogen) atoms. The molecule has 0 aliphatic carbocycles. The number of aromatic nitrogens is 2. The average molecular weight is 355 g/mol. The summed E-state index contributed by atoms with van der Waals surface area (Å²) in [4.78, 5) is 6.62. The Labute approximate surface area is 155 Å². The van der Waals surface area contributed by atoms with Crippen LogP contribution >= 0.6 is 0 Å². The van der Waals surface area contributed by atoms with Gasteiger partial charge in [-0.25, -0.2) is 4.68 Å². The third-order valence-corrected chi connectivity index (χ3v) is 4.89. The Hall–Kier alpha value is -2.34. The molecule has 2 aromatic rings. The SMILES string of the molecule is CN=C(NCc1cnn(-c2ccccc2)c1)N(C)CCC1CCOCC1. The van der Waals surface area contributed by atoms with Crippen molar-refractivity contribution in [2.75, 3.05) is 33.9 Å². The van der Waals surface area contributed by atoms with Crippen molar-refractivity contribution >= 4 is 5.96 Å². The Kier molecular flexibility index (Phi) is 6.66. The average Bonchev–Trinajstić information content (AvgIpc) is 3.17. The summed E-state index contributed by atoms with van der Waals surface area (Å²) in [6.07, 6.45) is 7.50. The fourth-order valence-corrected chi connectivity index (χ4v) is 3.26. The highest BCUT2D eigenvalue weighted by Crippen LogP contribution is 2.18. The van der Waals surface area contributed by atoms with Crippen molar-refractivity contribution in [2.45, 2.75) is 25.8 Å². The van der Waals surface area contributed by atoms with E-state index >= 15 is 0 Å². The van der Waals surface area contributed by atoms with Crippen LogP contribution in [-0.4, -0.2) is 54.5 Å². The van der Waals surface area contributed by atoms with Crippen LogP contribution in [0.5, 0.6) is 0 Å². The van der Waals surface area contributed by atoms with Gasteiger partial charge in [-0.1, -0.05) is 18.2 Å². The third kappa shape index (κ3) is 5.08. The van der Waals surface area contributed by atoms with E-state index in [0.29, 0.717) is 6.54 Å². The van der Waals surface area contributed by atoms with Crippen LogP contribution in [0.15, 0.2) is 47.7 Å². The van der Waals surface area contributed by atoms with E-state index in [9.17, 15) is 0 Å². The lowest BCUT2D eigenvalue weighted by Crippen LogP contribution is -2.39. The van der Waals surface area contributed by atoms with Crippen LogP contribution in [0.25, 0.3) is 5.69 Å². The van der Waals surface area contributed by atoms with Crippen LogP contribution in [0.3, 0.4) is 0 Å². The molecule has 0 amide bonds. The summed E-state index contributed by atoms with van der Waals surface area (Å²) in [6.45, 7) is 3.54. The van der Waals surface area contributed by atoms with E-state index in [0.717, 1.165) is 42.9 Å². The molecule has 1 aromatic carbocycles. The Morgan fingerprint density at radius 1 is 1.31 bits per heavy atom. The van der Waals surface area contributed by atoms with E-state index in [2.05, 4.69) is 33.6 Å². The maximum absolute atomic E-state index is 5.44. The number of guanidine groups is 1. The predicted molar refractivity (Wildman–Crippen MR) is 105 cm³/mol. The summed E-state index contributed by atoms with van der Waals surface area (Å²) in [5.74, 6) is 1.69. The molecule has 1 aliphatic rings. The number of aliphatic imine (C=N–C) groups is 1. The van der Waals surface area contributed by atoms with Crippen molar-refractivity contribution in [3.63, 3.8) is 0 Å². The van der Waals surface area contributed by atoms with E-state index in [1.165, 1.54) is 19.3 Å². The van der Waals surface area contributed by atoms with Gasteiger partial charge in [-0.2, -0.15) is 5.10 Å². The minimum Gasteiger partial charge on any atom is -0.381 e. The molecule has 0 unspecified atom stereocenters. The van der Waals surface area contributed by atoms with Crippen LogP contribution in [0.1, 0.15) is 24.8 Å². The van der Waals surface area contributed by atoms with E-state index in [1.54, 1.807) is 0 Å². The number of ether oxygens (including phenoxy) is 1. The van der Waals surface area contributed by atoms with E-state index in [4.69, 9.17) is 4.74 Å². The van der Waals surface area contributed by atoms with Crippen LogP contribution in [0, 0.1) is 5.92 Å². The summed E-state index contributed by atoms with van der Waals surface area (Å²) in [5.41, 5.74) is 2.20. The lowest BCUT2D eigenvalue weighted by Gasteiger charge is -2.26. The molecule has 1 fully saturated rings. The maximum atomic E-state index is 5.44. The van der Waals surface area contributed by atoms with Crippen molar-refractivity contribution in [1.82, 2.24) is 20.0 Å². The molecule has 0 saturated carbocycles. The molecule has 1 aliphatic heterocycles. The zero-order valence-corrected chi connectivity index (χ0v) is 15.8. The van der Waals surface area contributed by atoms with Crippen molar-refractivity contribution in [2.24, 2.45) is 10.9 Å². The molecule has 1 N–H and O–H groups in total. The van der Waals surface area contributed by atoms with Crippen molar-refractivity contribution in [3.05, 3.63) is 48.3 Å². The van der Waals surface area contributed by atoms with E-state index in [1.807, 2.05) is 48.3 Å². The predicted octanol–water partition coefficient (Wildman–Crippen LogP) is 2.70. The van der Waals surface area contributed by atoms with E-state index in [-0.39, 0.29) is 0 Å². The number of hydrogen-bond donors (Lipinski definition) is 1. The number of benzene rings is 1. The van der Waals surface area contributed by atoms with Gasteiger partial charge in [0.1, 0.15) is 0 Å². The first-order valence-electron chi connectivity index (χ1n) is 9.35. The largest absolute Gasteiger partial charge is 0.381 e. The lowest BCUT2D eigenvalue weighted by atomic mass is 9.96. The highest BCUT2D eigenvalue weighted by atomic mass is 16.5. The van der Waals surface area contributed by atoms with Gasteiger partial charge < -0.3 is 15.0 Å². The maximum Gasteiger partial charge on any atom is 0.193 e. The zero-order valence-electron chi connectivity index (χ0n) is 15.8. The Bertz CT molecular complexity index is 691. The van der Waals surface area contributed by atoms with Crippen LogP contribution < -0.4 is 5.32 Å². The molecule has 6 heteroatoms. The molecule has 0 bridgehead atoms. The summed E-state index contributed by atoms with van der Waals surface area (Å²) in [5, 5.41) is 7.88. The van der Waals surface area contributed by atoms with Gasteiger partial charge >= 0.3 is 0 Å². The Morgan fingerprint density at radius 2 is 2.08 bits per heavy atom. The third-order valence-electron chi connectivity index (χ3n) is 4.89. The van der Waals surface area contributed by atoms with Crippen LogP contribution in [-0.2, 0) is 11.3 Å².